The number of likely N-dealkylation sites (N-methyl/N-ethyl adjacent to an activating group) is 1. The molecular weight excluding hydrogens is 190 g/mol. The molecule has 1 aromatic rings. The highest BCUT2D eigenvalue weighted by molar-refractivity contribution is 5.26. The van der Waals surface area contributed by atoms with E-state index in [2.05, 4.69) is 24.4 Å². The van der Waals surface area contributed by atoms with Gasteiger partial charge in [0.25, 0.3) is 0 Å². The Labute approximate surface area is 90.4 Å². The molecule has 0 amide bonds. The number of nitrogens with one attached hydrogen (secondary N) is 1. The van der Waals surface area contributed by atoms with Gasteiger partial charge in [0, 0.05) is 6.54 Å². The summed E-state index contributed by atoms with van der Waals surface area (Å²) in [5, 5.41) is 3.22. The van der Waals surface area contributed by atoms with Gasteiger partial charge in [0.2, 0.25) is 0 Å². The third-order valence-corrected chi connectivity index (χ3v) is 2.53. The third-order valence-electron chi connectivity index (χ3n) is 2.53. The van der Waals surface area contributed by atoms with Gasteiger partial charge in [-0.15, -0.1) is 0 Å². The van der Waals surface area contributed by atoms with E-state index in [-0.39, 0.29) is 6.29 Å². The highest BCUT2D eigenvalue weighted by Crippen LogP contribution is 2.17. The van der Waals surface area contributed by atoms with Crippen molar-refractivity contribution in [2.75, 3.05) is 13.1 Å². The third kappa shape index (κ3) is 2.78. The smallest absolute Gasteiger partial charge is 0.170 e. The molecule has 2 rings (SSSR count). The largest absolute Gasteiger partial charge is 0.347 e. The molecule has 1 aliphatic rings. The molecule has 1 aliphatic heterocycles. The molecule has 0 unspecified atom stereocenters. The van der Waals surface area contributed by atoms with E-state index < -0.39 is 0 Å². The summed E-state index contributed by atoms with van der Waals surface area (Å²) in [7, 11) is 0. The zero-order valence-electron chi connectivity index (χ0n) is 9.03. The Hall–Kier alpha value is -0.900. The van der Waals surface area contributed by atoms with Crippen molar-refractivity contribution in [3.8, 4) is 0 Å². The lowest BCUT2D eigenvalue weighted by molar-refractivity contribution is -0.145. The van der Waals surface area contributed by atoms with Crippen LogP contribution in [0.5, 0.6) is 0 Å². The van der Waals surface area contributed by atoms with Gasteiger partial charge in [-0.3, -0.25) is 0 Å². The molecule has 1 aromatic carbocycles. The Kier molecular flexibility index (Phi) is 3.72. The maximum atomic E-state index is 5.65. The molecule has 15 heavy (non-hydrogen) atoms. The molecule has 0 radical (unpaired) electrons. The summed E-state index contributed by atoms with van der Waals surface area (Å²) in [6.07, 6.45) is -0.127. The highest BCUT2D eigenvalue weighted by atomic mass is 16.7. The van der Waals surface area contributed by atoms with Crippen molar-refractivity contribution >= 4 is 0 Å². The Balaban J connectivity index is 1.96. The van der Waals surface area contributed by atoms with E-state index >= 15 is 0 Å². The van der Waals surface area contributed by atoms with Crippen LogP contribution in [0.25, 0.3) is 0 Å². The van der Waals surface area contributed by atoms with Crippen LogP contribution in [-0.4, -0.2) is 19.4 Å². The van der Waals surface area contributed by atoms with Crippen LogP contribution in [0.2, 0.25) is 0 Å². The molecule has 0 atom stereocenters. The summed E-state index contributed by atoms with van der Waals surface area (Å²) in [4.78, 5) is 0. The lowest BCUT2D eigenvalue weighted by atomic mass is 10.1. The van der Waals surface area contributed by atoms with Crippen molar-refractivity contribution in [3.05, 3.63) is 35.4 Å². The maximum Gasteiger partial charge on any atom is 0.170 e. The first-order valence-electron chi connectivity index (χ1n) is 5.41. The van der Waals surface area contributed by atoms with Crippen LogP contribution in [0, 0.1) is 0 Å². The van der Waals surface area contributed by atoms with Gasteiger partial charge in [-0.25, -0.2) is 0 Å². The first-order valence-corrected chi connectivity index (χ1v) is 5.41. The number of benzene rings is 1. The molecule has 1 heterocycles. The van der Waals surface area contributed by atoms with E-state index in [4.69, 9.17) is 9.47 Å². The first-order chi connectivity index (χ1) is 7.40. The first kappa shape index (κ1) is 10.6. The molecule has 3 nitrogen and oxygen atoms in total. The van der Waals surface area contributed by atoms with E-state index in [1.807, 2.05) is 12.1 Å². The van der Waals surface area contributed by atoms with Crippen molar-refractivity contribution in [2.24, 2.45) is 0 Å². The Morgan fingerprint density at radius 1 is 1.20 bits per heavy atom. The highest BCUT2D eigenvalue weighted by Gasteiger charge is 2.15. The van der Waals surface area contributed by atoms with E-state index in [9.17, 15) is 0 Å². The number of hydrogen-bond donors (Lipinski definition) is 1. The van der Waals surface area contributed by atoms with Crippen LogP contribution in [-0.2, 0) is 22.7 Å². The molecule has 0 saturated heterocycles. The summed E-state index contributed by atoms with van der Waals surface area (Å²) >= 11 is 0. The molecule has 0 spiro atoms. The maximum absolute atomic E-state index is 5.65. The lowest BCUT2D eigenvalue weighted by Crippen LogP contribution is -2.30. The predicted molar refractivity (Wildman–Crippen MR) is 58.4 cm³/mol. The van der Waals surface area contributed by atoms with Gasteiger partial charge in [0.05, 0.1) is 13.2 Å². The van der Waals surface area contributed by atoms with Gasteiger partial charge < -0.3 is 14.8 Å². The summed E-state index contributed by atoms with van der Waals surface area (Å²) in [5.41, 5.74) is 2.47. The van der Waals surface area contributed by atoms with E-state index in [1.165, 1.54) is 11.1 Å². The molecule has 0 saturated carbocycles. The van der Waals surface area contributed by atoms with Crippen LogP contribution in [0.1, 0.15) is 18.1 Å². The zero-order valence-corrected chi connectivity index (χ0v) is 9.03. The van der Waals surface area contributed by atoms with Crippen LogP contribution >= 0.6 is 0 Å². The SMILES string of the molecule is CCNCC1OCc2ccccc2CO1. The van der Waals surface area contributed by atoms with Gasteiger partial charge >= 0.3 is 0 Å². The summed E-state index contributed by atoms with van der Waals surface area (Å²) in [5.74, 6) is 0. The minimum Gasteiger partial charge on any atom is -0.347 e. The van der Waals surface area contributed by atoms with Gasteiger partial charge in [0.1, 0.15) is 0 Å². The van der Waals surface area contributed by atoms with E-state index in [0.29, 0.717) is 13.2 Å². The standard InChI is InChI=1S/C12H17NO2/c1-2-13-7-12-14-8-10-5-3-4-6-11(10)9-15-12/h3-6,12-13H,2,7-9H2,1H3. The average Bonchev–Trinajstić information content (AvgIpc) is 2.49. The van der Waals surface area contributed by atoms with Crippen molar-refractivity contribution in [2.45, 2.75) is 26.4 Å². The van der Waals surface area contributed by atoms with Gasteiger partial charge in [-0.05, 0) is 17.7 Å². The molecule has 0 fully saturated rings. The molecule has 1 N–H and O–H groups in total. The average molecular weight is 207 g/mol. The second-order valence-electron chi connectivity index (χ2n) is 3.63. The van der Waals surface area contributed by atoms with Crippen LogP contribution in [0.4, 0.5) is 0 Å². The molecule has 0 aromatic heterocycles. The lowest BCUT2D eigenvalue weighted by Gasteiger charge is -2.15. The monoisotopic (exact) mass is 207 g/mol. The molecule has 3 heteroatoms. The Bertz CT molecular complexity index is 287. The van der Waals surface area contributed by atoms with E-state index in [1.54, 1.807) is 0 Å². The second-order valence-corrected chi connectivity index (χ2v) is 3.63. The fourth-order valence-electron chi connectivity index (χ4n) is 1.63. The second kappa shape index (κ2) is 5.26. The molecular formula is C12H17NO2. The van der Waals surface area contributed by atoms with Gasteiger partial charge in [-0.2, -0.15) is 0 Å². The van der Waals surface area contributed by atoms with Crippen molar-refractivity contribution < 1.29 is 9.47 Å². The zero-order chi connectivity index (χ0) is 10.5. The number of ether oxygens (including phenoxy) is 2. The number of rotatable bonds is 3. The van der Waals surface area contributed by atoms with Crippen molar-refractivity contribution in [1.82, 2.24) is 5.32 Å². The fraction of sp³-hybridized carbons (Fsp3) is 0.500. The van der Waals surface area contributed by atoms with Crippen LogP contribution in [0.3, 0.4) is 0 Å². The van der Waals surface area contributed by atoms with Crippen molar-refractivity contribution in [1.29, 1.82) is 0 Å². The number of fused-ring (bicyclic) bond motifs is 1. The molecule has 0 aliphatic carbocycles. The van der Waals surface area contributed by atoms with Crippen molar-refractivity contribution in [3.63, 3.8) is 0 Å². The van der Waals surface area contributed by atoms with Gasteiger partial charge in [-0.1, -0.05) is 31.2 Å². The quantitative estimate of drug-likeness (QED) is 0.817. The topological polar surface area (TPSA) is 30.5 Å². The van der Waals surface area contributed by atoms with Crippen LogP contribution in [0.15, 0.2) is 24.3 Å². The van der Waals surface area contributed by atoms with Crippen LogP contribution < -0.4 is 5.32 Å². The summed E-state index contributed by atoms with van der Waals surface area (Å²) < 4.78 is 11.3. The molecule has 0 bridgehead atoms. The van der Waals surface area contributed by atoms with E-state index in [0.717, 1.165) is 13.1 Å². The Morgan fingerprint density at radius 2 is 1.80 bits per heavy atom. The Morgan fingerprint density at radius 3 is 2.33 bits per heavy atom. The normalized spacial score (nSPS) is 17.1. The predicted octanol–water partition coefficient (Wildman–Crippen LogP) is 1.67. The minimum atomic E-state index is -0.127. The number of hydrogen-bond acceptors (Lipinski definition) is 3. The molecule has 82 valence electrons. The minimum absolute atomic E-state index is 0.127. The van der Waals surface area contributed by atoms with Gasteiger partial charge in [0.15, 0.2) is 6.29 Å². The summed E-state index contributed by atoms with van der Waals surface area (Å²) in [6, 6.07) is 8.25. The summed E-state index contributed by atoms with van der Waals surface area (Å²) in [6.45, 7) is 5.06. The fourth-order valence-corrected chi connectivity index (χ4v) is 1.63.